The lowest BCUT2D eigenvalue weighted by molar-refractivity contribution is 0.0157. The monoisotopic (exact) mass is 435 g/mol. The van der Waals surface area contributed by atoms with Crippen LogP contribution in [0.25, 0.3) is 0 Å². The molecule has 1 atom stereocenters. The molecule has 0 spiro atoms. The minimum Gasteiger partial charge on any atom is -0.444 e. The molecule has 2 saturated heterocycles. The third kappa shape index (κ3) is 5.02. The Hall–Kier alpha value is -1.95. The van der Waals surface area contributed by atoms with E-state index in [1.807, 2.05) is 54.8 Å². The van der Waals surface area contributed by atoms with Crippen molar-refractivity contribution in [2.75, 3.05) is 19.6 Å². The Kier molecular flexibility index (Phi) is 6.28. The second-order valence-corrected chi connectivity index (χ2v) is 10.7. The first-order valence-electron chi connectivity index (χ1n) is 10.7. The fraction of sp³-hybridized carbons (Fsp3) is 0.652. The molecule has 2 fully saturated rings. The van der Waals surface area contributed by atoms with Gasteiger partial charge in [-0.25, -0.2) is 9.59 Å². The quantitative estimate of drug-likeness (QED) is 0.631. The van der Waals surface area contributed by atoms with Gasteiger partial charge in [0.1, 0.15) is 5.60 Å². The number of rotatable bonds is 2. The van der Waals surface area contributed by atoms with E-state index in [1.54, 1.807) is 4.90 Å². The normalized spacial score (nSPS) is 21.4. The highest BCUT2D eigenvalue weighted by Gasteiger charge is 2.46. The van der Waals surface area contributed by atoms with Crippen LogP contribution >= 0.6 is 11.6 Å². The van der Waals surface area contributed by atoms with Gasteiger partial charge in [-0.3, -0.25) is 0 Å². The number of urea groups is 1. The van der Waals surface area contributed by atoms with Crippen molar-refractivity contribution in [1.29, 1.82) is 0 Å². The van der Waals surface area contributed by atoms with Crippen molar-refractivity contribution in [3.8, 4) is 0 Å². The Bertz CT molecular complexity index is 792. The standard InChI is InChI=1S/C23H34ClN3O3/c1-22(2,3)26-15-19(16-8-7-9-17(24)14-16)27(20(26)28)18-10-12-25(13-11-18)21(29)30-23(4,5)6/h7-9,14,18-19H,10-13,15H2,1-6H3. The summed E-state index contributed by atoms with van der Waals surface area (Å²) < 4.78 is 5.51. The van der Waals surface area contributed by atoms with Gasteiger partial charge in [0.25, 0.3) is 0 Å². The lowest BCUT2D eigenvalue weighted by atomic mass is 9.99. The van der Waals surface area contributed by atoms with Gasteiger partial charge in [-0.1, -0.05) is 23.7 Å². The van der Waals surface area contributed by atoms with Crippen LogP contribution in [0, 0.1) is 0 Å². The molecule has 0 bridgehead atoms. The third-order valence-corrected chi connectivity index (χ3v) is 5.93. The van der Waals surface area contributed by atoms with Crippen molar-refractivity contribution < 1.29 is 14.3 Å². The van der Waals surface area contributed by atoms with Gasteiger partial charge in [0, 0.05) is 36.2 Å². The Morgan fingerprint density at radius 3 is 2.27 bits per heavy atom. The molecule has 0 saturated carbocycles. The topological polar surface area (TPSA) is 53.1 Å². The van der Waals surface area contributed by atoms with Crippen molar-refractivity contribution in [1.82, 2.24) is 14.7 Å². The van der Waals surface area contributed by atoms with Gasteiger partial charge in [-0.2, -0.15) is 0 Å². The number of piperidine rings is 1. The van der Waals surface area contributed by atoms with Crippen molar-refractivity contribution >= 4 is 23.7 Å². The Balaban J connectivity index is 1.78. The summed E-state index contributed by atoms with van der Waals surface area (Å²) in [6, 6.07) is 7.87. The maximum atomic E-state index is 13.4. The SMILES string of the molecule is CC(C)(C)OC(=O)N1CCC(N2C(=O)N(C(C)(C)C)CC2c2cccc(Cl)c2)CC1. The molecule has 2 aliphatic rings. The zero-order valence-electron chi connectivity index (χ0n) is 18.9. The molecule has 7 heteroatoms. The van der Waals surface area contributed by atoms with Crippen molar-refractivity contribution in [3.05, 3.63) is 34.9 Å². The zero-order chi connectivity index (χ0) is 22.3. The summed E-state index contributed by atoms with van der Waals surface area (Å²) in [6.45, 7) is 13.6. The summed E-state index contributed by atoms with van der Waals surface area (Å²) in [5.41, 5.74) is 0.279. The molecule has 1 aromatic rings. The van der Waals surface area contributed by atoms with Crippen LogP contribution in [0.2, 0.25) is 5.02 Å². The summed E-state index contributed by atoms with van der Waals surface area (Å²) in [6.07, 6.45) is 1.19. The summed E-state index contributed by atoms with van der Waals surface area (Å²) >= 11 is 6.25. The Morgan fingerprint density at radius 1 is 1.10 bits per heavy atom. The average molecular weight is 436 g/mol. The van der Waals surface area contributed by atoms with Crippen LogP contribution in [-0.4, -0.2) is 63.6 Å². The van der Waals surface area contributed by atoms with Gasteiger partial charge in [-0.05, 0) is 72.1 Å². The van der Waals surface area contributed by atoms with E-state index in [4.69, 9.17) is 16.3 Å². The van der Waals surface area contributed by atoms with E-state index in [0.29, 0.717) is 24.7 Å². The first kappa shape index (κ1) is 22.7. The van der Waals surface area contributed by atoms with Gasteiger partial charge in [0.05, 0.1) is 6.04 Å². The van der Waals surface area contributed by atoms with Crippen LogP contribution < -0.4 is 0 Å². The lowest BCUT2D eigenvalue weighted by Crippen LogP contribution is -2.51. The van der Waals surface area contributed by atoms with E-state index in [9.17, 15) is 9.59 Å². The number of carbonyl (C=O) groups is 2. The summed E-state index contributed by atoms with van der Waals surface area (Å²) in [4.78, 5) is 31.6. The molecule has 1 unspecified atom stereocenters. The van der Waals surface area contributed by atoms with Crippen LogP contribution in [0.4, 0.5) is 9.59 Å². The van der Waals surface area contributed by atoms with Crippen LogP contribution in [0.15, 0.2) is 24.3 Å². The highest BCUT2D eigenvalue weighted by Crippen LogP contribution is 2.38. The first-order chi connectivity index (χ1) is 13.9. The second kappa shape index (κ2) is 8.29. The fourth-order valence-electron chi connectivity index (χ4n) is 4.22. The highest BCUT2D eigenvalue weighted by molar-refractivity contribution is 6.30. The van der Waals surface area contributed by atoms with Crippen LogP contribution in [0.3, 0.4) is 0 Å². The van der Waals surface area contributed by atoms with E-state index in [1.165, 1.54) is 0 Å². The summed E-state index contributed by atoms with van der Waals surface area (Å²) in [7, 11) is 0. The number of likely N-dealkylation sites (tertiary alicyclic amines) is 1. The smallest absolute Gasteiger partial charge is 0.410 e. The van der Waals surface area contributed by atoms with Gasteiger partial charge in [0.15, 0.2) is 0 Å². The number of amides is 3. The number of halogens is 1. The predicted molar refractivity (Wildman–Crippen MR) is 119 cm³/mol. The maximum absolute atomic E-state index is 13.4. The highest BCUT2D eigenvalue weighted by atomic mass is 35.5. The van der Waals surface area contributed by atoms with E-state index in [-0.39, 0.29) is 29.7 Å². The van der Waals surface area contributed by atoms with E-state index < -0.39 is 5.60 Å². The fourth-order valence-corrected chi connectivity index (χ4v) is 4.41. The van der Waals surface area contributed by atoms with Gasteiger partial charge < -0.3 is 19.4 Å². The van der Waals surface area contributed by atoms with Crippen LogP contribution in [-0.2, 0) is 4.74 Å². The largest absolute Gasteiger partial charge is 0.444 e. The van der Waals surface area contributed by atoms with Crippen LogP contribution in [0.1, 0.15) is 66.0 Å². The number of ether oxygens (including phenoxy) is 1. The molecule has 0 aromatic heterocycles. The van der Waals surface area contributed by atoms with Gasteiger partial charge >= 0.3 is 12.1 Å². The number of hydrogen-bond donors (Lipinski definition) is 0. The number of nitrogens with zero attached hydrogens (tertiary/aromatic N) is 3. The van der Waals surface area contributed by atoms with Crippen molar-refractivity contribution in [2.24, 2.45) is 0 Å². The predicted octanol–water partition coefficient (Wildman–Crippen LogP) is 5.32. The van der Waals surface area contributed by atoms with Crippen LogP contribution in [0.5, 0.6) is 0 Å². The minimum atomic E-state index is -0.510. The van der Waals surface area contributed by atoms with Crippen molar-refractivity contribution in [2.45, 2.75) is 77.6 Å². The molecule has 2 aliphatic heterocycles. The summed E-state index contributed by atoms with van der Waals surface area (Å²) in [5.74, 6) is 0. The molecule has 0 radical (unpaired) electrons. The minimum absolute atomic E-state index is 0.0477. The number of carbonyl (C=O) groups excluding carboxylic acids is 2. The Morgan fingerprint density at radius 2 is 1.73 bits per heavy atom. The van der Waals surface area contributed by atoms with Gasteiger partial charge in [0.2, 0.25) is 0 Å². The van der Waals surface area contributed by atoms with E-state index in [0.717, 1.165) is 18.4 Å². The second-order valence-electron chi connectivity index (χ2n) is 10.2. The first-order valence-corrected chi connectivity index (χ1v) is 11.1. The number of benzene rings is 1. The molecule has 0 aliphatic carbocycles. The average Bonchev–Trinajstić information content (AvgIpc) is 2.98. The Labute approximate surface area is 185 Å². The zero-order valence-corrected chi connectivity index (χ0v) is 19.7. The molecule has 2 heterocycles. The molecule has 1 aromatic carbocycles. The molecular formula is C23H34ClN3O3. The molecule has 0 N–H and O–H groups in total. The van der Waals surface area contributed by atoms with Gasteiger partial charge in [-0.15, -0.1) is 0 Å². The van der Waals surface area contributed by atoms with E-state index in [2.05, 4.69) is 20.8 Å². The number of hydrogen-bond acceptors (Lipinski definition) is 3. The maximum Gasteiger partial charge on any atom is 0.410 e. The molecule has 3 amide bonds. The lowest BCUT2D eigenvalue weighted by Gasteiger charge is -2.39. The molecule has 6 nitrogen and oxygen atoms in total. The molecular weight excluding hydrogens is 402 g/mol. The molecule has 30 heavy (non-hydrogen) atoms. The van der Waals surface area contributed by atoms with Crippen molar-refractivity contribution in [3.63, 3.8) is 0 Å². The molecule has 3 rings (SSSR count). The molecule has 166 valence electrons. The summed E-state index contributed by atoms with van der Waals surface area (Å²) in [5, 5.41) is 0.675. The van der Waals surface area contributed by atoms with E-state index >= 15 is 0 Å². The third-order valence-electron chi connectivity index (χ3n) is 5.70.